The van der Waals surface area contributed by atoms with Crippen LogP contribution in [0.3, 0.4) is 0 Å². The second-order valence-corrected chi connectivity index (χ2v) is 6.70. The van der Waals surface area contributed by atoms with Crippen LogP contribution in [0.15, 0.2) is 24.5 Å². The third-order valence-corrected chi connectivity index (χ3v) is 5.12. The number of nitrogens with zero attached hydrogens (tertiary/aromatic N) is 2. The molecule has 0 amide bonds. The number of likely N-dealkylation sites (tertiary alicyclic amines) is 1. The van der Waals surface area contributed by atoms with E-state index in [1.807, 2.05) is 12.4 Å². The van der Waals surface area contributed by atoms with Crippen LogP contribution in [0.2, 0.25) is 0 Å². The Kier molecular flexibility index (Phi) is 4.88. The maximum Gasteiger partial charge on any atom is 0.0613 e. The van der Waals surface area contributed by atoms with Crippen LogP contribution in [0.5, 0.6) is 0 Å². The fourth-order valence-corrected chi connectivity index (χ4v) is 3.81. The molecule has 116 valence electrons. The summed E-state index contributed by atoms with van der Waals surface area (Å²) in [5.74, 6) is 0. The van der Waals surface area contributed by atoms with E-state index in [9.17, 15) is 5.11 Å². The summed E-state index contributed by atoms with van der Waals surface area (Å²) in [5.41, 5.74) is 1.37. The molecule has 21 heavy (non-hydrogen) atoms. The minimum atomic E-state index is 0.0257. The van der Waals surface area contributed by atoms with E-state index in [0.29, 0.717) is 12.6 Å². The lowest BCUT2D eigenvalue weighted by atomic mass is 9.94. The average molecular weight is 289 g/mol. The highest BCUT2D eigenvalue weighted by atomic mass is 16.3. The van der Waals surface area contributed by atoms with E-state index in [-0.39, 0.29) is 5.54 Å². The van der Waals surface area contributed by atoms with Crippen molar-refractivity contribution >= 4 is 0 Å². The summed E-state index contributed by atoms with van der Waals surface area (Å²) in [6, 6.07) is 4.77. The molecule has 2 fully saturated rings. The lowest BCUT2D eigenvalue weighted by Crippen LogP contribution is -2.54. The zero-order valence-electron chi connectivity index (χ0n) is 12.8. The van der Waals surface area contributed by atoms with E-state index in [1.54, 1.807) is 0 Å². The zero-order valence-corrected chi connectivity index (χ0v) is 12.8. The van der Waals surface area contributed by atoms with Gasteiger partial charge in [0.05, 0.1) is 6.61 Å². The van der Waals surface area contributed by atoms with Gasteiger partial charge < -0.3 is 10.4 Å². The third-order valence-electron chi connectivity index (χ3n) is 5.12. The molecule has 4 heteroatoms. The lowest BCUT2D eigenvalue weighted by molar-refractivity contribution is 0.120. The van der Waals surface area contributed by atoms with Gasteiger partial charge in [-0.3, -0.25) is 9.88 Å². The zero-order chi connectivity index (χ0) is 14.5. The highest BCUT2D eigenvalue weighted by Crippen LogP contribution is 2.30. The number of hydrogen-bond acceptors (Lipinski definition) is 4. The molecule has 0 aromatic carbocycles. The number of aliphatic hydroxyl groups is 1. The van der Waals surface area contributed by atoms with Gasteiger partial charge in [-0.1, -0.05) is 12.8 Å². The van der Waals surface area contributed by atoms with Gasteiger partial charge in [0.2, 0.25) is 0 Å². The predicted molar refractivity (Wildman–Crippen MR) is 84.0 cm³/mol. The van der Waals surface area contributed by atoms with Gasteiger partial charge in [-0.15, -0.1) is 0 Å². The second-order valence-electron chi connectivity index (χ2n) is 6.70. The fourth-order valence-electron chi connectivity index (χ4n) is 3.81. The Morgan fingerprint density at radius 1 is 1.19 bits per heavy atom. The highest BCUT2D eigenvalue weighted by molar-refractivity contribution is 5.09. The number of piperidine rings is 1. The summed E-state index contributed by atoms with van der Waals surface area (Å²) in [7, 11) is 0. The van der Waals surface area contributed by atoms with Crippen LogP contribution in [0.1, 0.15) is 44.1 Å². The van der Waals surface area contributed by atoms with Gasteiger partial charge in [-0.2, -0.15) is 0 Å². The van der Waals surface area contributed by atoms with Crippen LogP contribution in [-0.2, 0) is 6.54 Å². The van der Waals surface area contributed by atoms with Crippen LogP contribution in [0.4, 0.5) is 0 Å². The van der Waals surface area contributed by atoms with Crippen molar-refractivity contribution in [3.8, 4) is 0 Å². The van der Waals surface area contributed by atoms with Crippen LogP contribution >= 0.6 is 0 Å². The molecule has 1 aliphatic carbocycles. The van der Waals surface area contributed by atoms with Gasteiger partial charge >= 0.3 is 0 Å². The van der Waals surface area contributed by atoms with Gasteiger partial charge in [0, 0.05) is 30.5 Å². The molecule has 1 aromatic heterocycles. The van der Waals surface area contributed by atoms with Gasteiger partial charge in [0.25, 0.3) is 0 Å². The van der Waals surface area contributed by atoms with Crippen molar-refractivity contribution in [2.45, 2.75) is 56.7 Å². The van der Waals surface area contributed by atoms with Crippen molar-refractivity contribution in [1.82, 2.24) is 15.2 Å². The van der Waals surface area contributed by atoms with Crippen molar-refractivity contribution in [1.29, 1.82) is 0 Å². The van der Waals surface area contributed by atoms with Gasteiger partial charge in [0.15, 0.2) is 0 Å². The number of aliphatic hydroxyl groups excluding tert-OH is 1. The molecule has 4 nitrogen and oxygen atoms in total. The first-order valence-corrected chi connectivity index (χ1v) is 8.29. The van der Waals surface area contributed by atoms with Crippen molar-refractivity contribution in [2.75, 3.05) is 19.7 Å². The topological polar surface area (TPSA) is 48.4 Å². The van der Waals surface area contributed by atoms with Crippen molar-refractivity contribution < 1.29 is 5.11 Å². The number of nitrogens with one attached hydrogen (secondary N) is 1. The number of hydrogen-bond donors (Lipinski definition) is 2. The SMILES string of the molecule is OCC1(NC2CCN(Cc3ccncc3)CC2)CCCC1. The molecule has 1 aromatic rings. The minimum absolute atomic E-state index is 0.0257. The first kappa shape index (κ1) is 14.9. The maximum atomic E-state index is 9.72. The molecule has 2 N–H and O–H groups in total. The number of pyridine rings is 1. The molecule has 1 saturated carbocycles. The summed E-state index contributed by atoms with van der Waals surface area (Å²) in [4.78, 5) is 6.59. The normalized spacial score (nSPS) is 23.5. The fraction of sp³-hybridized carbons (Fsp3) is 0.706. The molecule has 0 spiro atoms. The Morgan fingerprint density at radius 3 is 2.48 bits per heavy atom. The van der Waals surface area contributed by atoms with Crippen LogP contribution in [0.25, 0.3) is 0 Å². The first-order chi connectivity index (χ1) is 10.3. The summed E-state index contributed by atoms with van der Waals surface area (Å²) >= 11 is 0. The van der Waals surface area contributed by atoms with Crippen molar-refractivity contribution in [2.24, 2.45) is 0 Å². The summed E-state index contributed by atoms with van der Waals surface area (Å²) in [6.07, 6.45) is 10.9. The average Bonchev–Trinajstić information content (AvgIpc) is 2.99. The van der Waals surface area contributed by atoms with Crippen molar-refractivity contribution in [3.05, 3.63) is 30.1 Å². The van der Waals surface area contributed by atoms with E-state index in [4.69, 9.17) is 0 Å². The van der Waals surface area contributed by atoms with E-state index in [2.05, 4.69) is 27.3 Å². The highest BCUT2D eigenvalue weighted by Gasteiger charge is 2.35. The summed E-state index contributed by atoms with van der Waals surface area (Å²) in [5, 5.41) is 13.5. The maximum absolute atomic E-state index is 9.72. The molecular formula is C17H27N3O. The van der Waals surface area contributed by atoms with E-state index < -0.39 is 0 Å². The largest absolute Gasteiger partial charge is 0.394 e. The van der Waals surface area contributed by atoms with E-state index in [0.717, 1.165) is 32.5 Å². The summed E-state index contributed by atoms with van der Waals surface area (Å²) in [6.45, 7) is 3.60. The number of rotatable bonds is 5. The van der Waals surface area contributed by atoms with E-state index >= 15 is 0 Å². The lowest BCUT2D eigenvalue weighted by Gasteiger charge is -2.38. The molecule has 1 saturated heterocycles. The van der Waals surface area contributed by atoms with Crippen molar-refractivity contribution in [3.63, 3.8) is 0 Å². The predicted octanol–water partition coefficient (Wildman–Crippen LogP) is 1.94. The minimum Gasteiger partial charge on any atom is -0.394 e. The van der Waals surface area contributed by atoms with E-state index in [1.165, 1.54) is 31.2 Å². The van der Waals surface area contributed by atoms with Gasteiger partial charge in [0.1, 0.15) is 0 Å². The smallest absolute Gasteiger partial charge is 0.0613 e. The Balaban J connectivity index is 1.47. The standard InChI is InChI=1S/C17H27N3O/c21-14-17(7-1-2-8-17)19-16-5-11-20(12-6-16)13-15-3-9-18-10-4-15/h3-4,9-10,16,19,21H,1-2,5-8,11-14H2. The van der Waals surface area contributed by atoms with Gasteiger partial charge in [-0.25, -0.2) is 0 Å². The Hall–Kier alpha value is -0.970. The molecule has 2 heterocycles. The number of aromatic nitrogens is 1. The molecule has 1 aliphatic heterocycles. The third kappa shape index (κ3) is 3.82. The molecule has 0 unspecified atom stereocenters. The second kappa shape index (κ2) is 6.86. The first-order valence-electron chi connectivity index (χ1n) is 8.29. The summed E-state index contributed by atoms with van der Waals surface area (Å²) < 4.78 is 0. The quantitative estimate of drug-likeness (QED) is 0.870. The molecule has 0 atom stereocenters. The molecule has 3 rings (SSSR count). The van der Waals surface area contributed by atoms with Gasteiger partial charge in [-0.05, 0) is 56.5 Å². The Labute approximate surface area is 127 Å². The molecule has 0 bridgehead atoms. The van der Waals surface area contributed by atoms with Crippen LogP contribution in [0, 0.1) is 0 Å². The Morgan fingerprint density at radius 2 is 1.86 bits per heavy atom. The van der Waals surface area contributed by atoms with Crippen LogP contribution < -0.4 is 5.32 Å². The molecular weight excluding hydrogens is 262 g/mol. The Bertz CT molecular complexity index is 423. The molecule has 0 radical (unpaired) electrons. The monoisotopic (exact) mass is 289 g/mol. The van der Waals surface area contributed by atoms with Crippen LogP contribution in [-0.4, -0.2) is 46.3 Å². The molecule has 2 aliphatic rings.